The first kappa shape index (κ1) is 24.3. The zero-order valence-corrected chi connectivity index (χ0v) is 19.2. The minimum absolute atomic E-state index is 0.378. The van der Waals surface area contributed by atoms with E-state index in [0.717, 1.165) is 22.2 Å². The Balaban J connectivity index is 2.18. The molecule has 0 amide bonds. The Labute approximate surface area is 193 Å². The maximum absolute atomic E-state index is 5.96. The SMILES string of the molecule is C#Cc1cccc(N=c2c3cc(OCCOC)c(OCCOC)cc3ncn2CCOC)c1. The van der Waals surface area contributed by atoms with E-state index in [2.05, 4.69) is 10.9 Å². The first-order chi connectivity index (χ1) is 16.2. The largest absolute Gasteiger partial charge is 0.487 e. The normalized spacial score (nSPS) is 11.5. The van der Waals surface area contributed by atoms with Crippen LogP contribution in [0.25, 0.3) is 10.9 Å². The molecule has 1 heterocycles. The quantitative estimate of drug-likeness (QED) is 0.311. The third-order valence-corrected chi connectivity index (χ3v) is 4.79. The topological polar surface area (TPSA) is 76.3 Å². The van der Waals surface area contributed by atoms with Gasteiger partial charge in [0.05, 0.1) is 37.4 Å². The first-order valence-electron chi connectivity index (χ1n) is 10.6. The maximum Gasteiger partial charge on any atom is 0.163 e. The highest BCUT2D eigenvalue weighted by Gasteiger charge is 2.12. The van der Waals surface area contributed by atoms with Crippen LogP contribution < -0.4 is 15.0 Å². The fourth-order valence-electron chi connectivity index (χ4n) is 3.14. The summed E-state index contributed by atoms with van der Waals surface area (Å²) in [4.78, 5) is 9.52. The molecule has 0 saturated carbocycles. The van der Waals surface area contributed by atoms with Crippen LogP contribution in [0.3, 0.4) is 0 Å². The molecule has 0 saturated heterocycles. The van der Waals surface area contributed by atoms with Gasteiger partial charge in [-0.15, -0.1) is 6.42 Å². The molecule has 0 fully saturated rings. The van der Waals surface area contributed by atoms with Gasteiger partial charge in [-0.25, -0.2) is 9.98 Å². The fraction of sp³-hybridized carbons (Fsp3) is 0.360. The van der Waals surface area contributed by atoms with Crippen molar-refractivity contribution < 1.29 is 23.7 Å². The van der Waals surface area contributed by atoms with Gasteiger partial charge in [-0.3, -0.25) is 0 Å². The molecule has 1 aromatic heterocycles. The van der Waals surface area contributed by atoms with Crippen molar-refractivity contribution in [1.82, 2.24) is 9.55 Å². The van der Waals surface area contributed by atoms with Crippen molar-refractivity contribution in [3.05, 3.63) is 53.8 Å². The van der Waals surface area contributed by atoms with E-state index in [0.29, 0.717) is 56.6 Å². The van der Waals surface area contributed by atoms with Gasteiger partial charge in [0.15, 0.2) is 11.5 Å². The molecule has 0 aliphatic carbocycles. The summed E-state index contributed by atoms with van der Waals surface area (Å²) in [6.07, 6.45) is 7.32. The lowest BCUT2D eigenvalue weighted by molar-refractivity contribution is 0.132. The van der Waals surface area contributed by atoms with Crippen LogP contribution in [0, 0.1) is 12.3 Å². The van der Waals surface area contributed by atoms with Crippen molar-refractivity contribution in [3.8, 4) is 23.8 Å². The summed E-state index contributed by atoms with van der Waals surface area (Å²) in [5.41, 5.74) is 2.94. The van der Waals surface area contributed by atoms with Crippen LogP contribution in [-0.2, 0) is 20.8 Å². The van der Waals surface area contributed by atoms with E-state index in [1.165, 1.54) is 0 Å². The summed E-state index contributed by atoms with van der Waals surface area (Å²) >= 11 is 0. The molecule has 2 aromatic carbocycles. The van der Waals surface area contributed by atoms with Crippen molar-refractivity contribution in [3.63, 3.8) is 0 Å². The molecule has 0 spiro atoms. The molecule has 0 atom stereocenters. The zero-order valence-electron chi connectivity index (χ0n) is 19.2. The van der Waals surface area contributed by atoms with Crippen LogP contribution >= 0.6 is 0 Å². The Morgan fingerprint density at radius 1 is 0.909 bits per heavy atom. The average molecular weight is 452 g/mol. The van der Waals surface area contributed by atoms with Crippen molar-refractivity contribution in [2.24, 2.45) is 4.99 Å². The highest BCUT2D eigenvalue weighted by atomic mass is 16.5. The lowest BCUT2D eigenvalue weighted by Crippen LogP contribution is -2.24. The van der Waals surface area contributed by atoms with Gasteiger partial charge in [0, 0.05) is 44.9 Å². The number of aromatic nitrogens is 2. The second-order valence-electron chi connectivity index (χ2n) is 7.06. The lowest BCUT2D eigenvalue weighted by Gasteiger charge is -2.15. The molecular formula is C25H29N3O5. The summed E-state index contributed by atoms with van der Waals surface area (Å²) in [6.45, 7) is 2.77. The molecule has 8 heteroatoms. The summed E-state index contributed by atoms with van der Waals surface area (Å²) in [7, 11) is 4.92. The Morgan fingerprint density at radius 2 is 1.61 bits per heavy atom. The smallest absolute Gasteiger partial charge is 0.163 e. The monoisotopic (exact) mass is 451 g/mol. The van der Waals surface area contributed by atoms with Gasteiger partial charge in [-0.2, -0.15) is 0 Å². The van der Waals surface area contributed by atoms with Gasteiger partial charge in [-0.05, 0) is 24.3 Å². The Morgan fingerprint density at radius 3 is 2.27 bits per heavy atom. The number of methoxy groups -OCH3 is 3. The molecule has 3 aromatic rings. The second kappa shape index (κ2) is 12.6. The molecule has 0 aliphatic heterocycles. The number of hydrogen-bond donors (Lipinski definition) is 0. The molecule has 0 unspecified atom stereocenters. The summed E-state index contributed by atoms with van der Waals surface area (Å²) in [5, 5.41) is 0.811. The van der Waals surface area contributed by atoms with Gasteiger partial charge in [0.25, 0.3) is 0 Å². The molecule has 0 aliphatic rings. The number of benzene rings is 2. The van der Waals surface area contributed by atoms with E-state index in [4.69, 9.17) is 35.1 Å². The Kier molecular flexibility index (Phi) is 9.27. The van der Waals surface area contributed by atoms with Crippen LogP contribution in [0.15, 0.2) is 47.7 Å². The first-order valence-corrected chi connectivity index (χ1v) is 10.6. The number of terminal acetylenes is 1. The van der Waals surface area contributed by atoms with Gasteiger partial charge in [-0.1, -0.05) is 12.0 Å². The molecule has 3 rings (SSSR count). The van der Waals surface area contributed by atoms with E-state index in [1.54, 1.807) is 27.7 Å². The minimum atomic E-state index is 0.378. The number of nitrogens with zero attached hydrogens (tertiary/aromatic N) is 3. The third-order valence-electron chi connectivity index (χ3n) is 4.79. The number of fused-ring (bicyclic) bond motifs is 1. The van der Waals surface area contributed by atoms with Gasteiger partial charge >= 0.3 is 0 Å². The van der Waals surface area contributed by atoms with Crippen LogP contribution in [0.5, 0.6) is 11.5 Å². The van der Waals surface area contributed by atoms with Gasteiger partial charge in [0.1, 0.15) is 18.7 Å². The van der Waals surface area contributed by atoms with E-state index in [-0.39, 0.29) is 0 Å². The number of rotatable bonds is 12. The number of ether oxygens (including phenoxy) is 5. The highest BCUT2D eigenvalue weighted by Crippen LogP contribution is 2.31. The number of hydrogen-bond acceptors (Lipinski definition) is 7. The molecule has 0 N–H and O–H groups in total. The molecule has 0 bridgehead atoms. The van der Waals surface area contributed by atoms with E-state index in [9.17, 15) is 0 Å². The van der Waals surface area contributed by atoms with Crippen LogP contribution in [-0.4, -0.2) is 63.9 Å². The summed E-state index contributed by atoms with van der Waals surface area (Å²) in [6, 6.07) is 11.3. The molecule has 33 heavy (non-hydrogen) atoms. The van der Waals surface area contributed by atoms with Crippen LogP contribution in [0.1, 0.15) is 5.56 Å². The zero-order chi connectivity index (χ0) is 23.5. The van der Waals surface area contributed by atoms with E-state index >= 15 is 0 Å². The second-order valence-corrected chi connectivity index (χ2v) is 7.06. The van der Waals surface area contributed by atoms with Crippen LogP contribution in [0.2, 0.25) is 0 Å². The third kappa shape index (κ3) is 6.56. The van der Waals surface area contributed by atoms with E-state index < -0.39 is 0 Å². The fourth-order valence-corrected chi connectivity index (χ4v) is 3.14. The predicted octanol–water partition coefficient (Wildman–Crippen LogP) is 2.95. The standard InChI is InChI=1S/C25H29N3O5/c1-5-19-7-6-8-20(15-19)27-25-21-16-23(32-13-11-30-3)24(33-14-12-31-4)17-22(21)26-18-28(25)9-10-29-2/h1,6-8,15-18H,9-14H2,2-4H3. The molecule has 8 nitrogen and oxygen atoms in total. The minimum Gasteiger partial charge on any atom is -0.487 e. The van der Waals surface area contributed by atoms with Crippen molar-refractivity contribution in [2.45, 2.75) is 6.54 Å². The van der Waals surface area contributed by atoms with Crippen LogP contribution in [0.4, 0.5) is 5.69 Å². The molecule has 0 radical (unpaired) electrons. The van der Waals surface area contributed by atoms with Crippen molar-refractivity contribution in [1.29, 1.82) is 0 Å². The summed E-state index contributed by atoms with van der Waals surface area (Å²) in [5.74, 6) is 3.81. The maximum atomic E-state index is 5.96. The Bertz CT molecular complexity index is 1170. The van der Waals surface area contributed by atoms with Crippen molar-refractivity contribution in [2.75, 3.05) is 54.4 Å². The van der Waals surface area contributed by atoms with Gasteiger partial charge in [0.2, 0.25) is 0 Å². The summed E-state index contributed by atoms with van der Waals surface area (Å²) < 4.78 is 29.3. The average Bonchev–Trinajstić information content (AvgIpc) is 2.84. The lowest BCUT2D eigenvalue weighted by atomic mass is 10.2. The van der Waals surface area contributed by atoms with E-state index in [1.807, 2.05) is 41.0 Å². The Hall–Kier alpha value is -3.38. The molecular weight excluding hydrogens is 422 g/mol. The molecule has 174 valence electrons. The van der Waals surface area contributed by atoms with Crippen molar-refractivity contribution >= 4 is 16.6 Å². The van der Waals surface area contributed by atoms with Gasteiger partial charge < -0.3 is 28.3 Å². The highest BCUT2D eigenvalue weighted by molar-refractivity contribution is 5.81. The predicted molar refractivity (Wildman–Crippen MR) is 126 cm³/mol.